The number of hydroxylamine groups is 4. The molecule has 0 unspecified atom stereocenters. The Hall–Kier alpha value is -12.0. The van der Waals surface area contributed by atoms with Crippen LogP contribution in [0.4, 0.5) is 26.3 Å². The maximum atomic E-state index is 12.8. The van der Waals surface area contributed by atoms with E-state index < -0.39 is 35.7 Å². The minimum atomic E-state index is -1.20. The lowest BCUT2D eigenvalue weighted by Crippen LogP contribution is -2.36. The zero-order chi connectivity index (χ0) is 81.4. The van der Waals surface area contributed by atoms with Crippen molar-refractivity contribution >= 4 is 71.4 Å². The molecule has 0 atom stereocenters. The van der Waals surface area contributed by atoms with E-state index in [2.05, 4.69) is 29.8 Å². The monoisotopic (exact) mass is 1560 g/mol. The molecule has 3 heterocycles. The largest absolute Gasteiger partial charge is 0.481 e. The number of hydrogen-bond donors (Lipinski definition) is 4. The van der Waals surface area contributed by atoms with Gasteiger partial charge >= 0.3 is 47.5 Å². The van der Waals surface area contributed by atoms with E-state index in [1.54, 1.807) is 95.4 Å². The Morgan fingerprint density at radius 1 is 0.436 bits per heavy atom. The number of nitrogens with zero attached hydrogens (tertiary/aromatic N) is 5. The second-order valence-electron chi connectivity index (χ2n) is 22.0. The number of carboxylic acid groups (broad SMARTS) is 2. The number of hydrogen-bond acceptors (Lipinski definition) is 21. The molecule has 592 valence electrons. The van der Waals surface area contributed by atoms with Crippen LogP contribution in [0.15, 0.2) is 177 Å². The molecule has 9 rings (SSSR count). The molecule has 0 bridgehead atoms. The number of oxazole rings is 3. The number of aromatic nitrogens is 3. The summed E-state index contributed by atoms with van der Waals surface area (Å²) in [5.74, 6) is -5.89. The smallest absolute Gasteiger partial charge is 0.396 e. The van der Waals surface area contributed by atoms with Crippen molar-refractivity contribution in [1.82, 2.24) is 30.4 Å². The average Bonchev–Trinajstić information content (AvgIpc) is 1.73. The number of carboxylic acids is 2. The van der Waals surface area contributed by atoms with Gasteiger partial charge in [-0.1, -0.05) is 93.6 Å². The molecular weight excluding hydrogens is 1480 g/mol. The predicted molar refractivity (Wildman–Crippen MR) is 389 cm³/mol. The van der Waals surface area contributed by atoms with Crippen molar-refractivity contribution in [3.63, 3.8) is 0 Å². The van der Waals surface area contributed by atoms with Crippen LogP contribution in [0.5, 0.6) is 0 Å². The lowest BCUT2D eigenvalue weighted by Gasteiger charge is -2.10. The van der Waals surface area contributed by atoms with E-state index >= 15 is 0 Å². The zero-order valence-electron chi connectivity index (χ0n) is 61.6. The molecule has 3 aromatic heterocycles. The number of amides is 3. The molecule has 9 aromatic rings. The highest BCUT2D eigenvalue weighted by Crippen LogP contribution is 2.16. The summed E-state index contributed by atoms with van der Waals surface area (Å²) in [6.45, 7) is 8.63. The fourth-order valence-electron chi connectivity index (χ4n) is 7.80. The highest BCUT2D eigenvalue weighted by atomic mass is 35.5. The van der Waals surface area contributed by atoms with Gasteiger partial charge in [0.1, 0.15) is 58.0 Å². The van der Waals surface area contributed by atoms with Crippen LogP contribution in [0.1, 0.15) is 137 Å². The van der Waals surface area contributed by atoms with Gasteiger partial charge in [-0.25, -0.2) is 65.8 Å². The van der Waals surface area contributed by atoms with Gasteiger partial charge in [0.15, 0.2) is 11.6 Å². The first-order valence-corrected chi connectivity index (χ1v) is 33.2. The predicted octanol–water partition coefficient (Wildman–Crippen LogP) is 11.9. The third-order valence-corrected chi connectivity index (χ3v) is 13.6. The summed E-state index contributed by atoms with van der Waals surface area (Å²) in [6, 6.07) is 35.3. The van der Waals surface area contributed by atoms with Crippen LogP contribution in [0, 0.1) is 34.9 Å². The summed E-state index contributed by atoms with van der Waals surface area (Å²) in [5.41, 5.74) is 10.0. The fraction of sp³-hybridized carbons (Fsp3) is 0.286. The van der Waals surface area contributed by atoms with Crippen LogP contribution in [0.2, 0.25) is 0 Å². The molecule has 0 saturated heterocycles. The Morgan fingerprint density at radius 3 is 1.05 bits per heavy atom. The van der Waals surface area contributed by atoms with Crippen molar-refractivity contribution in [2.24, 2.45) is 5.73 Å². The maximum absolute atomic E-state index is 12.8. The number of benzene rings is 6. The summed E-state index contributed by atoms with van der Waals surface area (Å²) in [6.07, 6.45) is 7.59. The first kappa shape index (κ1) is 96.0. The van der Waals surface area contributed by atoms with E-state index in [9.17, 15) is 74.3 Å². The normalized spacial score (nSPS) is 9.82. The zero-order valence-corrected chi connectivity index (χ0v) is 62.4. The Balaban J connectivity index is 0.000000642. The first-order valence-electron chi connectivity index (χ1n) is 33.2. The third-order valence-electron chi connectivity index (χ3n) is 13.6. The number of halogens is 7. The average molecular weight is 1560 g/mol. The van der Waals surface area contributed by atoms with Crippen LogP contribution in [-0.2, 0) is 91.2 Å². The van der Waals surface area contributed by atoms with Crippen molar-refractivity contribution in [2.45, 2.75) is 92.4 Å². The highest BCUT2D eigenvalue weighted by molar-refractivity contribution is 6.32. The van der Waals surface area contributed by atoms with E-state index in [1.807, 2.05) is 6.92 Å². The van der Waals surface area contributed by atoms with E-state index in [4.69, 9.17) is 38.8 Å². The number of aromatic carboxylic acids is 1. The van der Waals surface area contributed by atoms with Gasteiger partial charge in [0.25, 0.3) is 5.89 Å². The molecule has 0 spiro atoms. The number of esters is 2. The van der Waals surface area contributed by atoms with Gasteiger partial charge in [0, 0.05) is 71.9 Å². The highest BCUT2D eigenvalue weighted by Gasteiger charge is 2.20. The lowest BCUT2D eigenvalue weighted by atomic mass is 10.1. The number of rotatable bonds is 25. The number of aliphatic carboxylic acids is 1. The van der Waals surface area contributed by atoms with Crippen molar-refractivity contribution in [1.29, 1.82) is 0 Å². The number of nitrogens with one attached hydrogen (secondary N) is 1. The molecule has 110 heavy (non-hydrogen) atoms. The van der Waals surface area contributed by atoms with E-state index in [0.29, 0.717) is 61.4 Å². The lowest BCUT2D eigenvalue weighted by molar-refractivity contribution is -0.168. The van der Waals surface area contributed by atoms with Gasteiger partial charge in [0.2, 0.25) is 5.91 Å². The molecule has 33 heteroatoms. The number of ketones is 3. The topological polar surface area (TPSA) is 371 Å². The number of carbonyl (C=O) groups is 10. The molecule has 5 N–H and O–H groups in total. The molecule has 0 aliphatic heterocycles. The molecule has 0 saturated carbocycles. The third kappa shape index (κ3) is 40.6. The van der Waals surface area contributed by atoms with Gasteiger partial charge in [-0.2, -0.15) is 0 Å². The summed E-state index contributed by atoms with van der Waals surface area (Å²) < 4.78 is 100. The minimum Gasteiger partial charge on any atom is -0.481 e. The molecule has 0 radical (unpaired) electrons. The van der Waals surface area contributed by atoms with Gasteiger partial charge in [0.05, 0.1) is 59.1 Å². The number of Topliss-reactive ketones (excluding diaryl/α,β-unsaturated/α-hetero) is 3. The van der Waals surface area contributed by atoms with Gasteiger partial charge in [-0.05, 0) is 120 Å². The maximum Gasteiger partial charge on any atom is 0.396 e. The molecule has 26 nitrogen and oxygen atoms in total. The molecule has 0 fully saturated rings. The summed E-state index contributed by atoms with van der Waals surface area (Å²) in [7, 11) is 5.89. The van der Waals surface area contributed by atoms with Crippen molar-refractivity contribution in [3.8, 4) is 0 Å². The first-order chi connectivity index (χ1) is 51.9. The minimum absolute atomic E-state index is 0. The van der Waals surface area contributed by atoms with Gasteiger partial charge in [-0.15, -0.1) is 12.4 Å². The molecule has 0 aliphatic carbocycles. The second kappa shape index (κ2) is 53.7. The van der Waals surface area contributed by atoms with Crippen LogP contribution >= 0.6 is 12.4 Å². The summed E-state index contributed by atoms with van der Waals surface area (Å²) in [5, 5.41) is 20.7. The van der Waals surface area contributed by atoms with Crippen LogP contribution in [0.3, 0.4) is 0 Å². The van der Waals surface area contributed by atoms with Crippen molar-refractivity contribution in [3.05, 3.63) is 267 Å². The van der Waals surface area contributed by atoms with E-state index in [0.717, 1.165) is 32.9 Å². The number of carbonyl (C=O) groups excluding carboxylic acids is 8. The standard InChI is InChI=1S/C13H13FN2O3.C13H14FNO4.C13H12FNO3.C11H8FNO3.C10H11FO.C9H10FNO.C5H11NO2.C3H6O2.ClH/c1-16(18-2)13(17)12-15-8-11(19-12)7-9-3-5-10(14)6-4-9;1-2-19-13(18)12(17)15-8-11(16)7-9-3-5-10(14)6-4-9;1-2-17-13(16)12-15-8-11(18-12)7-9-3-5-10(14)6-4-9;12-8-3-1-7(2-4-8)5-9-6-13-10(16-9)11(14)15;1-2-10(12)7-8-3-5-9(11)6-4-8;10-8-3-1-7(2-4-8)5-9(12)6-11;1-4-5(7)6(2)8-3;1-2-3(4)5;/h3-6,8H,7H2,1-2H3;3-6H,2,7-8H2,1H3,(H,15,17);3-6,8H,2,7H2,1H3;1-4,6H,5H2,(H,14,15);3-6H,2,7H2,1H3;1-4H,5-6,11H2;4H2,1-3H3;2H2,1H3,(H,4,5);1H. The quantitative estimate of drug-likeness (QED) is 0.0179. The van der Waals surface area contributed by atoms with Crippen LogP contribution in [0.25, 0.3) is 0 Å². The Bertz CT molecular complexity index is 4200. The Morgan fingerprint density at radius 2 is 0.755 bits per heavy atom. The van der Waals surface area contributed by atoms with E-state index in [-0.39, 0.29) is 134 Å². The van der Waals surface area contributed by atoms with Crippen molar-refractivity contribution < 1.29 is 117 Å². The van der Waals surface area contributed by atoms with Crippen LogP contribution in [-0.4, -0.2) is 149 Å². The SMILES string of the molecule is CCC(=O)Cc1ccc(F)cc1.CCC(=O)N(C)OC.CCC(=O)O.CCOC(=O)C(=O)NCC(=O)Cc1ccc(F)cc1.CCOC(=O)c1ncc(Cc2ccc(F)cc2)o1.CON(C)C(=O)c1ncc(Cc2ccc(F)cc2)o1.Cl.NCC(=O)Cc1ccc(F)cc1.O=C(O)c1ncc(Cc2ccc(F)cc2)o1. The van der Waals surface area contributed by atoms with Crippen molar-refractivity contribution in [2.75, 3.05) is 54.6 Å². The molecule has 3 amide bonds. The number of ether oxygens (including phenoxy) is 2. The summed E-state index contributed by atoms with van der Waals surface area (Å²) >= 11 is 0. The van der Waals surface area contributed by atoms with Crippen LogP contribution < -0.4 is 11.1 Å². The van der Waals surface area contributed by atoms with E-state index in [1.165, 1.54) is 130 Å². The Labute approximate surface area is 636 Å². The second-order valence-corrected chi connectivity index (χ2v) is 22.0. The molecule has 6 aromatic carbocycles. The Kier molecular flexibility index (Phi) is 46.9. The fourth-order valence-corrected chi connectivity index (χ4v) is 7.80. The van der Waals surface area contributed by atoms with Gasteiger partial charge < -0.3 is 44.0 Å². The summed E-state index contributed by atoms with van der Waals surface area (Å²) in [4.78, 5) is 130. The molecular formula is C77H86ClF6N7O19. The molecule has 0 aliphatic rings. The number of nitrogens with two attached hydrogens (primary N) is 1. The van der Waals surface area contributed by atoms with Gasteiger partial charge in [-0.3, -0.25) is 43.2 Å².